The second-order valence-electron chi connectivity index (χ2n) is 5.60. The maximum absolute atomic E-state index is 12.4. The van der Waals surface area contributed by atoms with Crippen LogP contribution in [0, 0.1) is 0 Å². The number of ether oxygens (including phenoxy) is 1. The molecule has 5 nitrogen and oxygen atoms in total. The second kappa shape index (κ2) is 4.55. The van der Waals surface area contributed by atoms with Crippen LogP contribution in [0.4, 0.5) is 5.95 Å². The van der Waals surface area contributed by atoms with E-state index in [0.717, 1.165) is 13.0 Å². The zero-order valence-electron chi connectivity index (χ0n) is 11.5. The molecule has 0 saturated carbocycles. The number of para-hydroxylation sites is 1. The Kier molecular flexibility index (Phi) is 2.67. The molecule has 1 unspecified atom stereocenters. The van der Waals surface area contributed by atoms with Crippen LogP contribution in [0.1, 0.15) is 23.2 Å². The number of nitrogens with zero attached hydrogens (tertiary/aromatic N) is 3. The van der Waals surface area contributed by atoms with Gasteiger partial charge in [0.1, 0.15) is 11.4 Å². The van der Waals surface area contributed by atoms with E-state index in [1.54, 1.807) is 18.5 Å². The molecule has 106 valence electrons. The van der Waals surface area contributed by atoms with Gasteiger partial charge in [0.2, 0.25) is 5.95 Å². The smallest absolute Gasteiger partial charge is 0.225 e. The number of rotatable bonds is 1. The average Bonchev–Trinajstić information content (AvgIpc) is 2.91. The summed E-state index contributed by atoms with van der Waals surface area (Å²) < 4.78 is 6.18. The van der Waals surface area contributed by atoms with Crippen molar-refractivity contribution < 1.29 is 9.53 Å². The van der Waals surface area contributed by atoms with Crippen LogP contribution in [-0.4, -0.2) is 34.4 Å². The molecule has 1 aromatic heterocycles. The number of ketones is 1. The number of benzene rings is 1. The first-order valence-electron chi connectivity index (χ1n) is 7.09. The molecule has 2 aliphatic rings. The third-order valence-electron chi connectivity index (χ3n) is 4.15. The lowest BCUT2D eigenvalue weighted by Gasteiger charge is -2.34. The predicted octanol–water partition coefficient (Wildman–Crippen LogP) is 2.09. The van der Waals surface area contributed by atoms with Crippen LogP contribution < -0.4 is 9.64 Å². The largest absolute Gasteiger partial charge is 0.484 e. The highest BCUT2D eigenvalue weighted by atomic mass is 16.5. The van der Waals surface area contributed by atoms with Crippen LogP contribution in [0.3, 0.4) is 0 Å². The summed E-state index contributed by atoms with van der Waals surface area (Å²) in [6.45, 7) is 1.45. The fourth-order valence-electron chi connectivity index (χ4n) is 3.14. The number of aromatic nitrogens is 2. The highest BCUT2D eigenvalue weighted by Gasteiger charge is 2.46. The highest BCUT2D eigenvalue weighted by molar-refractivity contribution is 6.00. The van der Waals surface area contributed by atoms with Crippen molar-refractivity contribution >= 4 is 11.7 Å². The molecule has 0 amide bonds. The third kappa shape index (κ3) is 2.05. The molecular weight excluding hydrogens is 266 g/mol. The molecule has 0 aliphatic carbocycles. The first-order valence-corrected chi connectivity index (χ1v) is 7.09. The van der Waals surface area contributed by atoms with Crippen LogP contribution in [0.2, 0.25) is 0 Å². The zero-order chi connectivity index (χ0) is 14.3. The molecule has 0 N–H and O–H groups in total. The van der Waals surface area contributed by atoms with Crippen LogP contribution in [0.15, 0.2) is 42.7 Å². The third-order valence-corrected chi connectivity index (χ3v) is 4.15. The van der Waals surface area contributed by atoms with Gasteiger partial charge in [-0.3, -0.25) is 4.79 Å². The number of hydrogen-bond donors (Lipinski definition) is 0. The van der Waals surface area contributed by atoms with E-state index in [1.807, 2.05) is 24.3 Å². The normalized spacial score (nSPS) is 24.0. The van der Waals surface area contributed by atoms with Gasteiger partial charge in [0.05, 0.1) is 18.5 Å². The Morgan fingerprint density at radius 1 is 1.14 bits per heavy atom. The average molecular weight is 281 g/mol. The van der Waals surface area contributed by atoms with Crippen molar-refractivity contribution in [3.63, 3.8) is 0 Å². The van der Waals surface area contributed by atoms with Crippen LogP contribution in [0.5, 0.6) is 5.75 Å². The van der Waals surface area contributed by atoms with Gasteiger partial charge in [-0.15, -0.1) is 0 Å². The standard InChI is InChI=1S/C16H15N3O2/c20-13-10-16(21-14-5-2-1-4-12(13)14)6-9-19(11-16)15-17-7-3-8-18-15/h1-5,7-8H,6,9-11H2. The van der Waals surface area contributed by atoms with E-state index < -0.39 is 5.60 Å². The molecular formula is C16H15N3O2. The molecule has 21 heavy (non-hydrogen) atoms. The van der Waals surface area contributed by atoms with Gasteiger partial charge in [-0.05, 0) is 18.2 Å². The molecule has 1 aromatic carbocycles. The number of carbonyl (C=O) groups excluding carboxylic acids is 1. The number of fused-ring (bicyclic) bond motifs is 1. The minimum Gasteiger partial charge on any atom is -0.484 e. The first kappa shape index (κ1) is 12.3. The predicted molar refractivity (Wildman–Crippen MR) is 77.6 cm³/mol. The molecule has 4 rings (SSSR count). The summed E-state index contributed by atoms with van der Waals surface area (Å²) >= 11 is 0. The van der Waals surface area contributed by atoms with Gasteiger partial charge >= 0.3 is 0 Å². The van der Waals surface area contributed by atoms with Crippen LogP contribution >= 0.6 is 0 Å². The summed E-state index contributed by atoms with van der Waals surface area (Å²) in [4.78, 5) is 23.0. The lowest BCUT2D eigenvalue weighted by molar-refractivity contribution is 0.0538. The van der Waals surface area contributed by atoms with E-state index in [2.05, 4.69) is 14.9 Å². The Morgan fingerprint density at radius 2 is 1.95 bits per heavy atom. The summed E-state index contributed by atoms with van der Waals surface area (Å²) in [5.74, 6) is 1.56. The van der Waals surface area contributed by atoms with E-state index in [1.165, 1.54) is 0 Å². The highest BCUT2D eigenvalue weighted by Crippen LogP contribution is 2.39. The molecule has 3 heterocycles. The van der Waals surface area contributed by atoms with Crippen molar-refractivity contribution in [2.45, 2.75) is 18.4 Å². The number of hydrogen-bond acceptors (Lipinski definition) is 5. The lowest BCUT2D eigenvalue weighted by atomic mass is 9.89. The molecule has 5 heteroatoms. The van der Waals surface area contributed by atoms with Crippen LogP contribution in [0.25, 0.3) is 0 Å². The summed E-state index contributed by atoms with van der Waals surface area (Å²) in [6.07, 6.45) is 4.70. The van der Waals surface area contributed by atoms with E-state index in [4.69, 9.17) is 4.74 Å². The van der Waals surface area contributed by atoms with Gasteiger partial charge in [0.15, 0.2) is 5.78 Å². The van der Waals surface area contributed by atoms with Crippen molar-refractivity contribution in [2.75, 3.05) is 18.0 Å². The van der Waals surface area contributed by atoms with Crippen molar-refractivity contribution in [1.29, 1.82) is 0 Å². The van der Waals surface area contributed by atoms with Gasteiger partial charge in [-0.1, -0.05) is 12.1 Å². The maximum Gasteiger partial charge on any atom is 0.225 e. The van der Waals surface area contributed by atoms with Crippen molar-refractivity contribution in [1.82, 2.24) is 9.97 Å². The van der Waals surface area contributed by atoms with Gasteiger partial charge in [0, 0.05) is 25.4 Å². The molecule has 1 saturated heterocycles. The molecule has 0 bridgehead atoms. The topological polar surface area (TPSA) is 55.3 Å². The Balaban J connectivity index is 1.62. The number of anilines is 1. The minimum atomic E-state index is -0.440. The van der Waals surface area contributed by atoms with Gasteiger partial charge < -0.3 is 9.64 Å². The van der Waals surface area contributed by atoms with Crippen molar-refractivity contribution in [3.8, 4) is 5.75 Å². The van der Waals surface area contributed by atoms with E-state index in [-0.39, 0.29) is 5.78 Å². The number of carbonyl (C=O) groups is 1. The molecule has 1 atom stereocenters. The van der Waals surface area contributed by atoms with E-state index in [9.17, 15) is 4.79 Å². The Morgan fingerprint density at radius 3 is 2.81 bits per heavy atom. The van der Waals surface area contributed by atoms with Crippen LogP contribution in [-0.2, 0) is 0 Å². The first-order chi connectivity index (χ1) is 10.3. The summed E-state index contributed by atoms with van der Waals surface area (Å²) in [5, 5.41) is 0. The fraction of sp³-hybridized carbons (Fsp3) is 0.312. The second-order valence-corrected chi connectivity index (χ2v) is 5.60. The van der Waals surface area contributed by atoms with Gasteiger partial charge in [-0.2, -0.15) is 0 Å². The molecule has 2 aliphatic heterocycles. The van der Waals surface area contributed by atoms with Gasteiger partial charge in [0.25, 0.3) is 0 Å². The Hall–Kier alpha value is -2.43. The molecule has 1 fully saturated rings. The van der Waals surface area contributed by atoms with Gasteiger partial charge in [-0.25, -0.2) is 9.97 Å². The Labute approximate surface area is 122 Å². The summed E-state index contributed by atoms with van der Waals surface area (Å²) in [6, 6.07) is 9.27. The maximum atomic E-state index is 12.4. The van der Waals surface area contributed by atoms with E-state index in [0.29, 0.717) is 30.2 Å². The SMILES string of the molecule is O=C1CC2(CCN(c3ncccn3)C2)Oc2ccccc21. The summed E-state index contributed by atoms with van der Waals surface area (Å²) in [7, 11) is 0. The Bertz CT molecular complexity index is 689. The molecule has 0 radical (unpaired) electrons. The number of Topliss-reactive ketones (excluding diaryl/α,β-unsaturated/α-hetero) is 1. The minimum absolute atomic E-state index is 0.160. The van der Waals surface area contributed by atoms with Crippen molar-refractivity contribution in [2.24, 2.45) is 0 Å². The summed E-state index contributed by atoms with van der Waals surface area (Å²) in [5.41, 5.74) is 0.252. The zero-order valence-corrected chi connectivity index (χ0v) is 11.5. The van der Waals surface area contributed by atoms with E-state index >= 15 is 0 Å². The monoisotopic (exact) mass is 281 g/mol. The molecule has 2 aromatic rings. The molecule has 1 spiro atoms. The fourth-order valence-corrected chi connectivity index (χ4v) is 3.14. The lowest BCUT2D eigenvalue weighted by Crippen LogP contribution is -2.44. The van der Waals surface area contributed by atoms with Crippen molar-refractivity contribution in [3.05, 3.63) is 48.3 Å². The quantitative estimate of drug-likeness (QED) is 0.801.